The third kappa shape index (κ3) is 7.81. The van der Waals surface area contributed by atoms with Gasteiger partial charge in [-0.15, -0.1) is 0 Å². The van der Waals surface area contributed by atoms with Crippen LogP contribution in [0.3, 0.4) is 0 Å². The van der Waals surface area contributed by atoms with E-state index in [9.17, 15) is 28.8 Å². The number of piperazine rings is 2. The summed E-state index contributed by atoms with van der Waals surface area (Å²) in [7, 11) is 0. The number of hydrogen-bond donors (Lipinski definition) is 4. The monoisotopic (exact) mass is 372 g/mol. The summed E-state index contributed by atoms with van der Waals surface area (Å²) in [4.78, 5) is 67.3. The molecule has 0 aliphatic carbocycles. The molecule has 26 heavy (non-hydrogen) atoms. The summed E-state index contributed by atoms with van der Waals surface area (Å²) in [6.45, 7) is 2.94. The highest BCUT2D eigenvalue weighted by molar-refractivity contribution is 6.00. The lowest BCUT2D eigenvalue weighted by molar-refractivity contribution is -0.147. The van der Waals surface area contributed by atoms with E-state index in [1.165, 1.54) is 0 Å². The largest absolute Gasteiger partial charge is 0.481 e. The van der Waals surface area contributed by atoms with E-state index < -0.39 is 18.4 Å². The van der Waals surface area contributed by atoms with Gasteiger partial charge in [-0.2, -0.15) is 0 Å². The number of hydrogen-bond acceptors (Lipinski definition) is 8. The van der Waals surface area contributed by atoms with Crippen molar-refractivity contribution in [3.63, 3.8) is 0 Å². The Morgan fingerprint density at radius 3 is 1.62 bits per heavy atom. The van der Waals surface area contributed by atoms with Gasteiger partial charge in [0.25, 0.3) is 0 Å². The van der Waals surface area contributed by atoms with Crippen LogP contribution in [0, 0.1) is 0 Å². The molecular formula is C14H20N4O8. The van der Waals surface area contributed by atoms with Crippen molar-refractivity contribution in [2.75, 3.05) is 32.7 Å². The predicted octanol–water partition coefficient (Wildman–Crippen LogP) is -3.16. The molecule has 12 nitrogen and oxygen atoms in total. The van der Waals surface area contributed by atoms with Crippen LogP contribution in [0.5, 0.6) is 0 Å². The van der Waals surface area contributed by atoms with Crippen molar-refractivity contribution in [2.45, 2.75) is 19.4 Å². The smallest absolute Gasteiger partial charge is 0.314 e. The van der Waals surface area contributed by atoms with E-state index in [-0.39, 0.29) is 55.8 Å². The second-order valence-corrected chi connectivity index (χ2v) is 5.83. The van der Waals surface area contributed by atoms with Crippen molar-refractivity contribution in [1.29, 1.82) is 0 Å². The van der Waals surface area contributed by atoms with Gasteiger partial charge in [0.2, 0.25) is 23.6 Å². The van der Waals surface area contributed by atoms with E-state index in [0.29, 0.717) is 6.54 Å². The number of carboxylic acid groups (broad SMARTS) is 2. The number of amides is 4. The molecule has 2 aliphatic rings. The van der Waals surface area contributed by atoms with Crippen molar-refractivity contribution in [2.24, 2.45) is 0 Å². The average molecular weight is 372 g/mol. The first-order chi connectivity index (χ1) is 12.1. The molecule has 0 radical (unpaired) electrons. The summed E-state index contributed by atoms with van der Waals surface area (Å²) in [6.07, 6.45) is -0.806. The Morgan fingerprint density at radius 1 is 0.885 bits per heavy atom. The zero-order valence-corrected chi connectivity index (χ0v) is 14.1. The molecule has 144 valence electrons. The molecule has 2 heterocycles. The molecule has 0 aromatic heterocycles. The summed E-state index contributed by atoms with van der Waals surface area (Å²) >= 11 is 0. The molecule has 2 aliphatic heterocycles. The molecule has 0 aromatic rings. The SMILES string of the molecule is C[C@@H](CN1CC(=O)NC(=O)C1)N1CC(=O)NC(=O)C1.O=C(O)CC(=O)O. The van der Waals surface area contributed by atoms with Crippen LogP contribution < -0.4 is 10.6 Å². The zero-order chi connectivity index (χ0) is 19.9. The molecule has 0 aromatic carbocycles. The van der Waals surface area contributed by atoms with Gasteiger partial charge in [-0.1, -0.05) is 0 Å². The van der Waals surface area contributed by atoms with E-state index in [0.717, 1.165) is 0 Å². The Bertz CT molecular complexity index is 576. The van der Waals surface area contributed by atoms with Gasteiger partial charge >= 0.3 is 11.9 Å². The fourth-order valence-corrected chi connectivity index (χ4v) is 2.42. The molecule has 2 fully saturated rings. The van der Waals surface area contributed by atoms with E-state index in [1.54, 1.807) is 9.80 Å². The highest BCUT2D eigenvalue weighted by atomic mass is 16.4. The number of aliphatic carboxylic acids is 2. The topological polar surface area (TPSA) is 173 Å². The standard InChI is InChI=1S/C11H16N4O4.C3H4O4/c1-7(15-5-10(18)13-11(19)6-15)2-14-3-8(16)12-9(17)4-14;4-2(5)1-3(6)7/h7H,2-6H2,1H3,(H,12,16,17)(H,13,18,19);1H2,(H,4,5)(H,6,7)/t7-;/m0./s1. The molecule has 4 amide bonds. The Balaban J connectivity index is 0.000000412. The Hall–Kier alpha value is -2.86. The normalized spacial score (nSPS) is 19.7. The van der Waals surface area contributed by atoms with Crippen molar-refractivity contribution in [3.05, 3.63) is 0 Å². The van der Waals surface area contributed by atoms with Crippen LogP contribution in [0.2, 0.25) is 0 Å². The molecule has 1 atom stereocenters. The van der Waals surface area contributed by atoms with Gasteiger partial charge in [-0.3, -0.25) is 49.2 Å². The van der Waals surface area contributed by atoms with Crippen LogP contribution in [0.15, 0.2) is 0 Å². The second kappa shape index (κ2) is 9.58. The van der Waals surface area contributed by atoms with Crippen LogP contribution in [0.1, 0.15) is 13.3 Å². The predicted molar refractivity (Wildman–Crippen MR) is 83.7 cm³/mol. The summed E-state index contributed by atoms with van der Waals surface area (Å²) < 4.78 is 0. The molecule has 2 saturated heterocycles. The molecule has 0 spiro atoms. The minimum atomic E-state index is -1.31. The van der Waals surface area contributed by atoms with Gasteiger partial charge < -0.3 is 10.2 Å². The van der Waals surface area contributed by atoms with Crippen LogP contribution in [-0.2, 0) is 28.8 Å². The number of nitrogens with one attached hydrogen (secondary N) is 2. The van der Waals surface area contributed by atoms with Crippen molar-refractivity contribution in [3.8, 4) is 0 Å². The number of carboxylic acids is 2. The second-order valence-electron chi connectivity index (χ2n) is 5.83. The number of nitrogens with zero attached hydrogens (tertiary/aromatic N) is 2. The highest BCUT2D eigenvalue weighted by Gasteiger charge is 2.29. The Morgan fingerprint density at radius 2 is 1.27 bits per heavy atom. The van der Waals surface area contributed by atoms with Gasteiger partial charge in [0.05, 0.1) is 26.2 Å². The van der Waals surface area contributed by atoms with Gasteiger partial charge in [0.1, 0.15) is 6.42 Å². The average Bonchev–Trinajstić information content (AvgIpc) is 2.44. The van der Waals surface area contributed by atoms with E-state index in [2.05, 4.69) is 10.6 Å². The maximum absolute atomic E-state index is 11.3. The molecule has 12 heteroatoms. The fourth-order valence-electron chi connectivity index (χ4n) is 2.42. The van der Waals surface area contributed by atoms with Gasteiger partial charge in [-0.25, -0.2) is 0 Å². The lowest BCUT2D eigenvalue weighted by Gasteiger charge is -2.35. The minimum Gasteiger partial charge on any atom is -0.481 e. The fraction of sp³-hybridized carbons (Fsp3) is 0.571. The lowest BCUT2D eigenvalue weighted by Crippen LogP contribution is -2.58. The zero-order valence-electron chi connectivity index (χ0n) is 14.1. The first-order valence-electron chi connectivity index (χ1n) is 7.62. The quantitative estimate of drug-likeness (QED) is 0.285. The number of rotatable bonds is 5. The van der Waals surface area contributed by atoms with Crippen LogP contribution in [0.4, 0.5) is 0 Å². The van der Waals surface area contributed by atoms with E-state index >= 15 is 0 Å². The van der Waals surface area contributed by atoms with Crippen LogP contribution >= 0.6 is 0 Å². The summed E-state index contributed by atoms with van der Waals surface area (Å²) in [5, 5.41) is 19.9. The van der Waals surface area contributed by atoms with Crippen molar-refractivity contribution < 1.29 is 39.0 Å². The Labute approximate surface area is 148 Å². The molecule has 0 bridgehead atoms. The van der Waals surface area contributed by atoms with Crippen molar-refractivity contribution >= 4 is 35.6 Å². The summed E-state index contributed by atoms with van der Waals surface area (Å²) in [5.41, 5.74) is 0. The number of carbonyl (C=O) groups excluding carboxylic acids is 4. The minimum absolute atomic E-state index is 0.0892. The van der Waals surface area contributed by atoms with E-state index in [4.69, 9.17) is 10.2 Å². The maximum atomic E-state index is 11.3. The van der Waals surface area contributed by atoms with Crippen LogP contribution in [-0.4, -0.2) is 94.3 Å². The lowest BCUT2D eigenvalue weighted by atomic mass is 10.2. The number of carbonyl (C=O) groups is 6. The highest BCUT2D eigenvalue weighted by Crippen LogP contribution is 2.06. The first kappa shape index (κ1) is 21.2. The van der Waals surface area contributed by atoms with Gasteiger partial charge in [0, 0.05) is 12.6 Å². The molecule has 0 unspecified atom stereocenters. The van der Waals surface area contributed by atoms with Crippen LogP contribution in [0.25, 0.3) is 0 Å². The molecule has 0 saturated carbocycles. The third-order valence-electron chi connectivity index (χ3n) is 3.43. The number of imide groups is 2. The Kier molecular flexibility index (Phi) is 7.80. The van der Waals surface area contributed by atoms with Crippen molar-refractivity contribution in [1.82, 2.24) is 20.4 Å². The first-order valence-corrected chi connectivity index (χ1v) is 7.62. The molecule has 2 rings (SSSR count). The summed E-state index contributed by atoms with van der Waals surface area (Å²) in [6, 6.07) is -0.0892. The van der Waals surface area contributed by atoms with Gasteiger partial charge in [-0.05, 0) is 6.92 Å². The van der Waals surface area contributed by atoms with Gasteiger partial charge in [0.15, 0.2) is 0 Å². The summed E-state index contributed by atoms with van der Waals surface area (Å²) in [5.74, 6) is -3.92. The molecular weight excluding hydrogens is 352 g/mol. The third-order valence-corrected chi connectivity index (χ3v) is 3.43. The molecule has 4 N–H and O–H groups in total. The maximum Gasteiger partial charge on any atom is 0.314 e. The van der Waals surface area contributed by atoms with E-state index in [1.807, 2.05) is 6.92 Å².